The van der Waals surface area contributed by atoms with Crippen molar-refractivity contribution in [2.24, 2.45) is 0 Å². The van der Waals surface area contributed by atoms with E-state index in [1.807, 2.05) is 6.08 Å². The summed E-state index contributed by atoms with van der Waals surface area (Å²) in [6.07, 6.45) is 4.76. The summed E-state index contributed by atoms with van der Waals surface area (Å²) >= 11 is 0. The number of hydrogen-bond acceptors (Lipinski definition) is 1. The largest absolute Gasteiger partial charge is 0.310 e. The van der Waals surface area contributed by atoms with Gasteiger partial charge in [-0.3, -0.25) is 0 Å². The Kier molecular flexibility index (Phi) is 6.64. The Balaban J connectivity index is 2.02. The van der Waals surface area contributed by atoms with Crippen LogP contribution in [0.5, 0.6) is 0 Å². The topological polar surface area (TPSA) is 3.24 Å². The van der Waals surface area contributed by atoms with Crippen LogP contribution < -0.4 is 4.90 Å². The van der Waals surface area contributed by atoms with Gasteiger partial charge in [-0.2, -0.15) is 0 Å². The number of benzene rings is 3. The molecule has 3 aromatic rings. The second-order valence-electron chi connectivity index (χ2n) is 8.29. The lowest BCUT2D eigenvalue weighted by Crippen LogP contribution is -2.17. The Morgan fingerprint density at radius 2 is 1.52 bits per heavy atom. The molecule has 0 heterocycles. The molecule has 29 heavy (non-hydrogen) atoms. The summed E-state index contributed by atoms with van der Waals surface area (Å²) in [5, 5.41) is 0. The molecule has 0 N–H and O–H groups in total. The van der Waals surface area contributed by atoms with E-state index >= 15 is 0 Å². The molecule has 2 radical (unpaired) electrons. The van der Waals surface area contributed by atoms with Gasteiger partial charge in [0.25, 0.3) is 0 Å². The molecular formula is C27H30BN. The van der Waals surface area contributed by atoms with Gasteiger partial charge >= 0.3 is 0 Å². The van der Waals surface area contributed by atoms with E-state index in [-0.39, 0.29) is 5.41 Å². The van der Waals surface area contributed by atoms with Gasteiger partial charge < -0.3 is 4.90 Å². The van der Waals surface area contributed by atoms with Crippen molar-refractivity contribution in [1.29, 1.82) is 0 Å². The van der Waals surface area contributed by atoms with Gasteiger partial charge in [-0.25, -0.2) is 0 Å². The van der Waals surface area contributed by atoms with E-state index in [4.69, 9.17) is 7.85 Å². The third-order valence-electron chi connectivity index (χ3n) is 5.57. The predicted octanol–water partition coefficient (Wildman–Crippen LogP) is 7.75. The maximum Gasteiger partial charge on any atom is 0.0653 e. The van der Waals surface area contributed by atoms with Crippen LogP contribution in [0.25, 0.3) is 6.08 Å². The fourth-order valence-corrected chi connectivity index (χ4v) is 3.68. The highest BCUT2D eigenvalue weighted by molar-refractivity contribution is 6.08. The van der Waals surface area contributed by atoms with Crippen LogP contribution in [0.2, 0.25) is 6.32 Å². The average molecular weight is 379 g/mol. The van der Waals surface area contributed by atoms with Crippen molar-refractivity contribution >= 4 is 31.0 Å². The van der Waals surface area contributed by atoms with Gasteiger partial charge in [0.2, 0.25) is 0 Å². The highest BCUT2D eigenvalue weighted by Gasteiger charge is 2.20. The smallest absolute Gasteiger partial charge is 0.0653 e. The maximum atomic E-state index is 5.73. The number of aryl methyl sites for hydroxylation is 1. The van der Waals surface area contributed by atoms with Gasteiger partial charge in [-0.15, -0.1) is 0 Å². The first kappa shape index (κ1) is 21.0. The van der Waals surface area contributed by atoms with E-state index < -0.39 is 0 Å². The Hall–Kier alpha value is -2.74. The summed E-state index contributed by atoms with van der Waals surface area (Å²) in [6.45, 7) is 10.6. The zero-order chi connectivity index (χ0) is 20.9. The van der Waals surface area contributed by atoms with Crippen LogP contribution in [0, 0.1) is 6.92 Å². The summed E-state index contributed by atoms with van der Waals surface area (Å²) in [4.78, 5) is 2.29. The Bertz CT molecular complexity index is 939. The van der Waals surface area contributed by atoms with Gasteiger partial charge in [0, 0.05) is 17.1 Å². The lowest BCUT2D eigenvalue weighted by molar-refractivity contribution is 0.473. The second kappa shape index (κ2) is 9.18. The van der Waals surface area contributed by atoms with Crippen molar-refractivity contribution in [3.8, 4) is 0 Å². The lowest BCUT2D eigenvalue weighted by atomic mass is 9.78. The fourth-order valence-electron chi connectivity index (χ4n) is 3.68. The summed E-state index contributed by atoms with van der Waals surface area (Å²) < 4.78 is 0. The fraction of sp³-hybridized carbons (Fsp3) is 0.259. The van der Waals surface area contributed by atoms with E-state index in [1.165, 1.54) is 11.1 Å². The van der Waals surface area contributed by atoms with Crippen molar-refractivity contribution in [1.82, 2.24) is 0 Å². The SMILES string of the molecule is [B]CCCC(C)(C)c1ccc(N(c2ccc(C)cc2)c2cccc(C=C)c2)cc1. The first-order valence-electron chi connectivity index (χ1n) is 10.3. The molecule has 2 heteroatoms. The number of nitrogens with zero attached hydrogens (tertiary/aromatic N) is 1. The van der Waals surface area contributed by atoms with Crippen LogP contribution in [0.1, 0.15) is 43.4 Å². The molecular weight excluding hydrogens is 349 g/mol. The van der Waals surface area contributed by atoms with Gasteiger partial charge in [0.05, 0.1) is 7.85 Å². The Labute approximate surface area is 177 Å². The summed E-state index contributed by atoms with van der Waals surface area (Å²) in [6, 6.07) is 26.1. The highest BCUT2D eigenvalue weighted by atomic mass is 15.1. The minimum absolute atomic E-state index is 0.120. The van der Waals surface area contributed by atoms with E-state index in [1.54, 1.807) is 0 Å². The number of anilines is 3. The second-order valence-corrected chi connectivity index (χ2v) is 8.29. The van der Waals surface area contributed by atoms with Gasteiger partial charge in [0.1, 0.15) is 0 Å². The summed E-state index contributed by atoms with van der Waals surface area (Å²) in [5.74, 6) is 0. The molecule has 0 aliphatic rings. The minimum atomic E-state index is 0.120. The van der Waals surface area contributed by atoms with Crippen LogP contribution in [0.4, 0.5) is 17.1 Å². The minimum Gasteiger partial charge on any atom is -0.310 e. The van der Waals surface area contributed by atoms with Crippen LogP contribution in [-0.4, -0.2) is 7.85 Å². The maximum absolute atomic E-state index is 5.73. The molecule has 0 atom stereocenters. The van der Waals surface area contributed by atoms with E-state index in [2.05, 4.69) is 105 Å². The number of rotatable bonds is 8. The van der Waals surface area contributed by atoms with E-state index in [0.29, 0.717) is 0 Å². The first-order valence-corrected chi connectivity index (χ1v) is 10.3. The van der Waals surface area contributed by atoms with E-state index in [9.17, 15) is 0 Å². The van der Waals surface area contributed by atoms with Crippen LogP contribution in [0.15, 0.2) is 79.4 Å². The molecule has 0 aliphatic heterocycles. The Morgan fingerprint density at radius 3 is 2.10 bits per heavy atom. The zero-order valence-corrected chi connectivity index (χ0v) is 17.9. The van der Waals surface area contributed by atoms with Crippen LogP contribution in [0.3, 0.4) is 0 Å². The molecule has 0 aliphatic carbocycles. The predicted molar refractivity (Wildman–Crippen MR) is 129 cm³/mol. The molecule has 0 fully saturated rings. The van der Waals surface area contributed by atoms with E-state index in [0.717, 1.165) is 41.8 Å². The molecule has 0 spiro atoms. The van der Waals surface area contributed by atoms with Crippen molar-refractivity contribution in [2.45, 2.75) is 45.3 Å². The van der Waals surface area contributed by atoms with Crippen molar-refractivity contribution < 1.29 is 0 Å². The summed E-state index contributed by atoms with van der Waals surface area (Å²) in [5.41, 5.74) is 7.25. The van der Waals surface area contributed by atoms with Crippen LogP contribution >= 0.6 is 0 Å². The molecule has 0 saturated carbocycles. The third kappa shape index (κ3) is 5.01. The molecule has 0 amide bonds. The molecule has 0 bridgehead atoms. The van der Waals surface area contributed by atoms with Gasteiger partial charge in [0.15, 0.2) is 0 Å². The van der Waals surface area contributed by atoms with Gasteiger partial charge in [-0.05, 0) is 66.3 Å². The molecule has 146 valence electrons. The quantitative estimate of drug-likeness (QED) is 0.362. The van der Waals surface area contributed by atoms with Crippen LogP contribution in [-0.2, 0) is 5.41 Å². The summed E-state index contributed by atoms with van der Waals surface area (Å²) in [7, 11) is 5.73. The molecule has 0 saturated heterocycles. The Morgan fingerprint density at radius 1 is 0.897 bits per heavy atom. The average Bonchev–Trinajstić information content (AvgIpc) is 2.74. The lowest BCUT2D eigenvalue weighted by Gasteiger charge is -2.28. The molecule has 3 rings (SSSR count). The normalized spacial score (nSPS) is 11.3. The number of hydrogen-bond donors (Lipinski definition) is 0. The van der Waals surface area contributed by atoms with Gasteiger partial charge in [-0.1, -0.05) is 81.2 Å². The highest BCUT2D eigenvalue weighted by Crippen LogP contribution is 2.37. The van der Waals surface area contributed by atoms with Crippen molar-refractivity contribution in [3.05, 3.63) is 96.1 Å². The molecule has 0 aromatic heterocycles. The standard InChI is InChI=1S/C27H30BN/c1-5-22-8-6-9-26(20-22)29(24-14-10-21(2)11-15-24)25-16-12-23(13-17-25)27(3,4)18-7-19-28/h5-6,8-17,20H,1,7,18-19H2,2-4H3. The zero-order valence-electron chi connectivity index (χ0n) is 17.9. The third-order valence-corrected chi connectivity index (χ3v) is 5.57. The van der Waals surface area contributed by atoms with Crippen molar-refractivity contribution in [3.63, 3.8) is 0 Å². The molecule has 3 aromatic carbocycles. The first-order chi connectivity index (χ1) is 13.9. The molecule has 0 unspecified atom stereocenters. The molecule has 1 nitrogen and oxygen atoms in total. The van der Waals surface area contributed by atoms with Crippen molar-refractivity contribution in [2.75, 3.05) is 4.90 Å². The monoisotopic (exact) mass is 379 g/mol.